The molecule has 2 aromatic rings. The van der Waals surface area contributed by atoms with Crippen molar-refractivity contribution in [2.75, 3.05) is 37.6 Å². The van der Waals surface area contributed by atoms with Gasteiger partial charge in [-0.05, 0) is 42.8 Å². The van der Waals surface area contributed by atoms with Gasteiger partial charge >= 0.3 is 0 Å². The van der Waals surface area contributed by atoms with Gasteiger partial charge in [-0.15, -0.1) is 0 Å². The summed E-state index contributed by atoms with van der Waals surface area (Å²) in [7, 11) is 0. The Morgan fingerprint density at radius 3 is 2.41 bits per heavy atom. The van der Waals surface area contributed by atoms with Crippen LogP contribution < -0.4 is 4.90 Å². The largest absolute Gasteiger partial charge is 0.368 e. The minimum absolute atomic E-state index is 0.0216. The van der Waals surface area contributed by atoms with Crippen molar-refractivity contribution in [3.63, 3.8) is 0 Å². The Balaban J connectivity index is 1.32. The van der Waals surface area contributed by atoms with Crippen molar-refractivity contribution >= 4 is 39.3 Å². The van der Waals surface area contributed by atoms with E-state index in [4.69, 9.17) is 0 Å². The summed E-state index contributed by atoms with van der Waals surface area (Å²) in [6.07, 6.45) is 0.150. The monoisotopic (exact) mass is 455 g/mol. The van der Waals surface area contributed by atoms with Gasteiger partial charge in [0, 0.05) is 49.3 Å². The minimum atomic E-state index is -0.330. The molecule has 6 nitrogen and oxygen atoms in total. The third-order valence-electron chi connectivity index (χ3n) is 5.48. The lowest BCUT2D eigenvalue weighted by molar-refractivity contribution is -0.131. The highest BCUT2D eigenvalue weighted by Crippen LogP contribution is 2.26. The van der Waals surface area contributed by atoms with Crippen molar-refractivity contribution in [1.29, 1.82) is 0 Å². The van der Waals surface area contributed by atoms with Gasteiger partial charge in [0.2, 0.25) is 5.91 Å². The number of nitrogens with zero attached hydrogens (tertiary/aromatic N) is 3. The Bertz CT molecular complexity index is 983. The summed E-state index contributed by atoms with van der Waals surface area (Å²) in [6, 6.07) is 13.4. The van der Waals surface area contributed by atoms with Crippen LogP contribution in [0.2, 0.25) is 0 Å². The van der Waals surface area contributed by atoms with Crippen LogP contribution in [0.4, 0.5) is 5.69 Å². The molecule has 150 valence electrons. The van der Waals surface area contributed by atoms with Gasteiger partial charge in [0.1, 0.15) is 0 Å². The van der Waals surface area contributed by atoms with Crippen LogP contribution in [-0.4, -0.2) is 60.2 Å². The van der Waals surface area contributed by atoms with Crippen molar-refractivity contribution < 1.29 is 14.4 Å². The van der Waals surface area contributed by atoms with Gasteiger partial charge < -0.3 is 9.80 Å². The molecule has 2 aliphatic heterocycles. The van der Waals surface area contributed by atoms with E-state index in [1.54, 1.807) is 18.2 Å². The van der Waals surface area contributed by atoms with Gasteiger partial charge in [-0.25, -0.2) is 0 Å². The molecule has 7 heteroatoms. The number of imide groups is 1. The molecule has 29 heavy (non-hydrogen) atoms. The lowest BCUT2D eigenvalue weighted by Gasteiger charge is -2.36. The number of hydrogen-bond donors (Lipinski definition) is 0. The molecule has 2 aliphatic rings. The van der Waals surface area contributed by atoms with Gasteiger partial charge in [0.15, 0.2) is 0 Å². The van der Waals surface area contributed by atoms with Crippen LogP contribution in [0.5, 0.6) is 0 Å². The van der Waals surface area contributed by atoms with Crippen LogP contribution in [-0.2, 0) is 4.79 Å². The lowest BCUT2D eigenvalue weighted by atomic mass is 10.1. The van der Waals surface area contributed by atoms with Crippen LogP contribution in [0, 0.1) is 6.92 Å². The van der Waals surface area contributed by atoms with E-state index in [0.717, 1.165) is 17.6 Å². The van der Waals surface area contributed by atoms with Crippen LogP contribution in [0.25, 0.3) is 0 Å². The molecule has 1 fully saturated rings. The van der Waals surface area contributed by atoms with Crippen molar-refractivity contribution in [3.8, 4) is 0 Å². The molecule has 0 N–H and O–H groups in total. The zero-order valence-corrected chi connectivity index (χ0v) is 17.8. The lowest BCUT2D eigenvalue weighted by Crippen LogP contribution is -2.49. The number of carbonyl (C=O) groups excluding carboxylic acids is 3. The van der Waals surface area contributed by atoms with Gasteiger partial charge in [0.25, 0.3) is 11.8 Å². The summed E-state index contributed by atoms with van der Waals surface area (Å²) in [6.45, 7) is 5.01. The molecule has 0 aliphatic carbocycles. The fourth-order valence-electron chi connectivity index (χ4n) is 3.87. The Morgan fingerprint density at radius 1 is 0.966 bits per heavy atom. The molecular weight excluding hydrogens is 434 g/mol. The third kappa shape index (κ3) is 3.92. The van der Waals surface area contributed by atoms with Gasteiger partial charge in [-0.2, -0.15) is 0 Å². The zero-order valence-electron chi connectivity index (χ0n) is 16.2. The highest BCUT2D eigenvalue weighted by Gasteiger charge is 2.36. The van der Waals surface area contributed by atoms with Crippen LogP contribution >= 0.6 is 15.9 Å². The van der Waals surface area contributed by atoms with E-state index in [2.05, 4.69) is 46.0 Å². The van der Waals surface area contributed by atoms with Crippen molar-refractivity contribution in [3.05, 3.63) is 63.6 Å². The molecule has 0 saturated carbocycles. The molecule has 0 bridgehead atoms. The Morgan fingerprint density at radius 2 is 1.69 bits per heavy atom. The van der Waals surface area contributed by atoms with E-state index < -0.39 is 0 Å². The highest BCUT2D eigenvalue weighted by atomic mass is 79.9. The summed E-state index contributed by atoms with van der Waals surface area (Å²) in [5.41, 5.74) is 3.18. The van der Waals surface area contributed by atoms with E-state index in [1.807, 2.05) is 11.0 Å². The van der Waals surface area contributed by atoms with E-state index in [0.29, 0.717) is 24.2 Å². The maximum Gasteiger partial charge on any atom is 0.261 e. The second kappa shape index (κ2) is 7.99. The minimum Gasteiger partial charge on any atom is -0.368 e. The standard InChI is InChI=1S/C22H22BrN3O3/c1-15-3-2-4-17(13-15)24-9-11-25(12-10-24)20(27)7-8-26-21(28)18-6-5-16(23)14-19(18)22(26)29/h2-6,13-14H,7-12H2,1H3. The number of hydrogen-bond acceptors (Lipinski definition) is 4. The predicted molar refractivity (Wildman–Crippen MR) is 114 cm³/mol. The zero-order chi connectivity index (χ0) is 20.5. The number of carbonyl (C=O) groups is 3. The van der Waals surface area contributed by atoms with Crippen LogP contribution in [0.3, 0.4) is 0 Å². The normalized spacial score (nSPS) is 16.4. The first kappa shape index (κ1) is 19.6. The summed E-state index contributed by atoms with van der Waals surface area (Å²) in [4.78, 5) is 42.9. The van der Waals surface area contributed by atoms with Gasteiger partial charge in [-0.3, -0.25) is 19.3 Å². The summed E-state index contributed by atoms with van der Waals surface area (Å²) in [5, 5.41) is 0. The molecule has 0 radical (unpaired) electrons. The topological polar surface area (TPSA) is 60.9 Å². The van der Waals surface area contributed by atoms with E-state index in [-0.39, 0.29) is 30.7 Å². The molecule has 1 saturated heterocycles. The maximum atomic E-state index is 12.6. The number of amides is 3. The Kier molecular flexibility index (Phi) is 5.41. The fraction of sp³-hybridized carbons (Fsp3) is 0.318. The molecular formula is C22H22BrN3O3. The first-order valence-corrected chi connectivity index (χ1v) is 10.5. The molecule has 0 spiro atoms. The van der Waals surface area contributed by atoms with Crippen molar-refractivity contribution in [2.45, 2.75) is 13.3 Å². The second-order valence-electron chi connectivity index (χ2n) is 7.41. The van der Waals surface area contributed by atoms with Crippen LogP contribution in [0.1, 0.15) is 32.7 Å². The second-order valence-corrected chi connectivity index (χ2v) is 8.32. The average Bonchev–Trinajstić information content (AvgIpc) is 2.96. The number of piperazine rings is 1. The number of benzene rings is 2. The predicted octanol–water partition coefficient (Wildman–Crippen LogP) is 3.09. The van der Waals surface area contributed by atoms with Crippen molar-refractivity contribution in [1.82, 2.24) is 9.80 Å². The molecule has 0 aromatic heterocycles. The molecule has 2 heterocycles. The average molecular weight is 456 g/mol. The first-order valence-electron chi connectivity index (χ1n) is 9.69. The Hall–Kier alpha value is -2.67. The molecule has 4 rings (SSSR count). The van der Waals surface area contributed by atoms with Crippen molar-refractivity contribution in [2.24, 2.45) is 0 Å². The summed E-state index contributed by atoms with van der Waals surface area (Å²) < 4.78 is 0.752. The molecule has 0 unspecified atom stereocenters. The third-order valence-corrected chi connectivity index (χ3v) is 5.97. The van der Waals surface area contributed by atoms with Gasteiger partial charge in [0.05, 0.1) is 11.1 Å². The van der Waals surface area contributed by atoms with E-state index in [1.165, 1.54) is 16.2 Å². The number of anilines is 1. The quantitative estimate of drug-likeness (QED) is 0.664. The van der Waals surface area contributed by atoms with E-state index >= 15 is 0 Å². The number of aryl methyl sites for hydroxylation is 1. The first-order chi connectivity index (χ1) is 13.9. The van der Waals surface area contributed by atoms with E-state index in [9.17, 15) is 14.4 Å². The SMILES string of the molecule is Cc1cccc(N2CCN(C(=O)CCN3C(=O)c4ccc(Br)cc4C3=O)CC2)c1. The number of fused-ring (bicyclic) bond motifs is 1. The highest BCUT2D eigenvalue weighted by molar-refractivity contribution is 9.10. The fourth-order valence-corrected chi connectivity index (χ4v) is 4.23. The smallest absolute Gasteiger partial charge is 0.261 e. The summed E-state index contributed by atoms with van der Waals surface area (Å²) >= 11 is 3.33. The van der Waals surface area contributed by atoms with Crippen LogP contribution in [0.15, 0.2) is 46.9 Å². The molecule has 2 aromatic carbocycles. The summed E-state index contributed by atoms with van der Waals surface area (Å²) in [5.74, 6) is -0.676. The molecule has 0 atom stereocenters. The number of halogens is 1. The van der Waals surface area contributed by atoms with Gasteiger partial charge in [-0.1, -0.05) is 28.1 Å². The number of rotatable bonds is 4. The Labute approximate surface area is 178 Å². The molecule has 3 amide bonds. The maximum absolute atomic E-state index is 12.6.